The number of nitrogens with one attached hydrogen (secondary N) is 1. The molecule has 222 valence electrons. The van der Waals surface area contributed by atoms with Crippen molar-refractivity contribution in [1.82, 2.24) is 10.3 Å². The summed E-state index contributed by atoms with van der Waals surface area (Å²) < 4.78 is 13.1. The normalized spacial score (nSPS) is 18.1. The summed E-state index contributed by atoms with van der Waals surface area (Å²) in [6.07, 6.45) is 1.76. The first-order valence-electron chi connectivity index (χ1n) is 14.7. The molecule has 6 nitrogen and oxygen atoms in total. The minimum absolute atomic E-state index is 0.00820. The SMILES string of the molecule is O=C(NCc1cccc(-c2cccc(C3OC(CSc4ccccn4)CC(c4ccc(CO)cc4)O3)c2)c1)c1ccccc1. The van der Waals surface area contributed by atoms with E-state index in [9.17, 15) is 9.90 Å². The summed E-state index contributed by atoms with van der Waals surface area (Å²) >= 11 is 1.68. The summed E-state index contributed by atoms with van der Waals surface area (Å²) in [7, 11) is 0. The molecule has 2 N–H and O–H groups in total. The molecule has 44 heavy (non-hydrogen) atoms. The van der Waals surface area contributed by atoms with E-state index in [2.05, 4.69) is 34.6 Å². The van der Waals surface area contributed by atoms with Crippen LogP contribution in [0.25, 0.3) is 11.1 Å². The maximum atomic E-state index is 12.6. The van der Waals surface area contributed by atoms with Crippen LogP contribution in [0.1, 0.15) is 51.4 Å². The van der Waals surface area contributed by atoms with Gasteiger partial charge >= 0.3 is 0 Å². The third-order valence-corrected chi connectivity index (χ3v) is 8.65. The molecule has 0 saturated carbocycles. The monoisotopic (exact) mass is 602 g/mol. The predicted molar refractivity (Wildman–Crippen MR) is 173 cm³/mol. The molecule has 2 heterocycles. The number of nitrogens with zero attached hydrogens (tertiary/aromatic N) is 1. The lowest BCUT2D eigenvalue weighted by molar-refractivity contribution is -0.245. The number of carbonyl (C=O) groups excluding carboxylic acids is 1. The fourth-order valence-electron chi connectivity index (χ4n) is 5.23. The van der Waals surface area contributed by atoms with Gasteiger partial charge in [-0.15, -0.1) is 11.8 Å². The van der Waals surface area contributed by atoms with E-state index in [1.54, 1.807) is 18.0 Å². The Morgan fingerprint density at radius 2 is 1.57 bits per heavy atom. The molecule has 1 fully saturated rings. The number of hydrogen-bond donors (Lipinski definition) is 2. The zero-order chi connectivity index (χ0) is 30.1. The van der Waals surface area contributed by atoms with E-state index in [0.29, 0.717) is 18.5 Å². The van der Waals surface area contributed by atoms with E-state index in [0.717, 1.165) is 44.2 Å². The van der Waals surface area contributed by atoms with Gasteiger partial charge < -0.3 is 19.9 Å². The number of amides is 1. The Hall–Kier alpha value is -4.27. The van der Waals surface area contributed by atoms with Gasteiger partial charge in [0, 0.05) is 36.0 Å². The van der Waals surface area contributed by atoms with E-state index >= 15 is 0 Å². The summed E-state index contributed by atoms with van der Waals surface area (Å²) in [4.78, 5) is 17.0. The van der Waals surface area contributed by atoms with Crippen molar-refractivity contribution < 1.29 is 19.4 Å². The molecule has 1 aromatic heterocycles. The molecule has 1 aliphatic heterocycles. The lowest BCUT2D eigenvalue weighted by Gasteiger charge is -2.36. The molecule has 6 rings (SSSR count). The van der Waals surface area contributed by atoms with Gasteiger partial charge in [-0.25, -0.2) is 4.98 Å². The third kappa shape index (κ3) is 7.62. The first-order chi connectivity index (χ1) is 21.6. The molecule has 3 unspecified atom stereocenters. The molecular weight excluding hydrogens is 568 g/mol. The lowest BCUT2D eigenvalue weighted by atomic mass is 9.99. The Bertz CT molecular complexity index is 1660. The van der Waals surface area contributed by atoms with Crippen molar-refractivity contribution in [3.8, 4) is 11.1 Å². The van der Waals surface area contributed by atoms with Gasteiger partial charge in [0.25, 0.3) is 5.91 Å². The molecule has 0 spiro atoms. The number of rotatable bonds is 10. The summed E-state index contributed by atoms with van der Waals surface area (Å²) in [6, 6.07) is 39.6. The van der Waals surface area contributed by atoms with Gasteiger partial charge in [-0.05, 0) is 64.2 Å². The highest BCUT2D eigenvalue weighted by Crippen LogP contribution is 2.40. The molecule has 0 radical (unpaired) electrons. The van der Waals surface area contributed by atoms with Crippen molar-refractivity contribution in [1.29, 1.82) is 0 Å². The van der Waals surface area contributed by atoms with E-state index in [-0.39, 0.29) is 24.7 Å². The minimum atomic E-state index is -0.547. The maximum Gasteiger partial charge on any atom is 0.251 e. The number of thioether (sulfide) groups is 1. The van der Waals surface area contributed by atoms with E-state index in [1.807, 2.05) is 97.1 Å². The quantitative estimate of drug-likeness (QED) is 0.161. The van der Waals surface area contributed by atoms with E-state index in [1.165, 1.54) is 0 Å². The highest BCUT2D eigenvalue weighted by atomic mass is 32.2. The van der Waals surface area contributed by atoms with Gasteiger partial charge in [-0.1, -0.05) is 84.9 Å². The number of pyridine rings is 1. The maximum absolute atomic E-state index is 12.6. The Morgan fingerprint density at radius 3 is 2.34 bits per heavy atom. The molecule has 5 aromatic rings. The minimum Gasteiger partial charge on any atom is -0.392 e. The molecule has 3 atom stereocenters. The van der Waals surface area contributed by atoms with Crippen LogP contribution in [-0.4, -0.2) is 27.9 Å². The number of aliphatic hydroxyl groups excluding tert-OH is 1. The largest absolute Gasteiger partial charge is 0.392 e. The second-order valence-corrected chi connectivity index (χ2v) is 11.7. The molecular formula is C37H34N2O4S. The van der Waals surface area contributed by atoms with Gasteiger partial charge in [-0.2, -0.15) is 0 Å². The topological polar surface area (TPSA) is 80.7 Å². The van der Waals surface area contributed by atoms with Crippen LogP contribution in [0.5, 0.6) is 0 Å². The van der Waals surface area contributed by atoms with Crippen LogP contribution in [0.2, 0.25) is 0 Å². The number of aliphatic hydroxyl groups is 1. The number of carbonyl (C=O) groups is 1. The van der Waals surface area contributed by atoms with Crippen LogP contribution in [0.3, 0.4) is 0 Å². The highest BCUT2D eigenvalue weighted by molar-refractivity contribution is 7.99. The average Bonchev–Trinajstić information content (AvgIpc) is 3.10. The second kappa shape index (κ2) is 14.5. The average molecular weight is 603 g/mol. The van der Waals surface area contributed by atoms with Crippen LogP contribution >= 0.6 is 11.8 Å². The van der Waals surface area contributed by atoms with Crippen LogP contribution in [0, 0.1) is 0 Å². The smallest absolute Gasteiger partial charge is 0.251 e. The van der Waals surface area contributed by atoms with Crippen molar-refractivity contribution in [3.05, 3.63) is 155 Å². The summed E-state index contributed by atoms with van der Waals surface area (Å²) in [5.74, 6) is 0.652. The first kappa shape index (κ1) is 29.8. The molecule has 0 aliphatic carbocycles. The molecule has 1 saturated heterocycles. The van der Waals surface area contributed by atoms with Crippen molar-refractivity contribution in [3.63, 3.8) is 0 Å². The van der Waals surface area contributed by atoms with Gasteiger partial charge in [0.15, 0.2) is 6.29 Å². The van der Waals surface area contributed by atoms with Crippen LogP contribution in [-0.2, 0) is 22.6 Å². The molecule has 0 bridgehead atoms. The molecule has 7 heteroatoms. The molecule has 4 aromatic carbocycles. The Kier molecular flexibility index (Phi) is 9.79. The van der Waals surface area contributed by atoms with Crippen molar-refractivity contribution >= 4 is 17.7 Å². The third-order valence-electron chi connectivity index (χ3n) is 7.58. The van der Waals surface area contributed by atoms with Crippen molar-refractivity contribution in [2.24, 2.45) is 0 Å². The number of aromatic nitrogens is 1. The summed E-state index contributed by atoms with van der Waals surface area (Å²) in [6.45, 7) is 0.441. The van der Waals surface area contributed by atoms with Gasteiger partial charge in [0.1, 0.15) is 0 Å². The van der Waals surface area contributed by atoms with Crippen molar-refractivity contribution in [2.75, 3.05) is 5.75 Å². The Labute approximate surface area is 262 Å². The number of ether oxygens (including phenoxy) is 2. The fourth-order valence-corrected chi connectivity index (χ4v) is 6.11. The van der Waals surface area contributed by atoms with Gasteiger partial charge in [0.2, 0.25) is 0 Å². The Balaban J connectivity index is 1.20. The zero-order valence-corrected chi connectivity index (χ0v) is 25.0. The van der Waals surface area contributed by atoms with Crippen LogP contribution < -0.4 is 5.32 Å². The molecule has 1 amide bonds. The lowest BCUT2D eigenvalue weighted by Crippen LogP contribution is -2.31. The van der Waals surface area contributed by atoms with Crippen molar-refractivity contribution in [2.45, 2.75) is 43.1 Å². The number of hydrogen-bond acceptors (Lipinski definition) is 6. The van der Waals surface area contributed by atoms with E-state index < -0.39 is 6.29 Å². The zero-order valence-electron chi connectivity index (χ0n) is 24.2. The summed E-state index contributed by atoms with van der Waals surface area (Å²) in [5.41, 5.74) is 6.62. The highest BCUT2D eigenvalue weighted by Gasteiger charge is 2.32. The number of benzene rings is 4. The van der Waals surface area contributed by atoms with E-state index in [4.69, 9.17) is 9.47 Å². The first-order valence-corrected chi connectivity index (χ1v) is 15.7. The van der Waals surface area contributed by atoms with Gasteiger partial charge in [0.05, 0.1) is 23.8 Å². The van der Waals surface area contributed by atoms with Crippen LogP contribution in [0.4, 0.5) is 0 Å². The fraction of sp³-hybridized carbons (Fsp3) is 0.189. The summed E-state index contributed by atoms with van der Waals surface area (Å²) in [5, 5.41) is 13.5. The molecule has 1 aliphatic rings. The predicted octanol–water partition coefficient (Wildman–Crippen LogP) is 7.51. The van der Waals surface area contributed by atoms with Gasteiger partial charge in [-0.3, -0.25) is 4.79 Å². The van der Waals surface area contributed by atoms with Crippen LogP contribution in [0.15, 0.2) is 133 Å². The Morgan fingerprint density at radius 1 is 0.795 bits per heavy atom. The second-order valence-electron chi connectivity index (χ2n) is 10.7. The standard InChI is InChI=1S/C37H34N2O4S/c40-24-26-15-17-28(18-16-26)34-22-33(25-44-35-14-4-5-19-38-35)42-37(43-34)32-13-7-12-31(21-32)30-11-6-8-27(20-30)23-39-36(41)29-9-2-1-3-10-29/h1-21,33-34,37,40H,22-25H2,(H,39,41).